The third kappa shape index (κ3) is 3.00. The van der Waals surface area contributed by atoms with Crippen LogP contribution in [0.3, 0.4) is 0 Å². The number of halogens is 1. The van der Waals surface area contributed by atoms with Gasteiger partial charge in [0.1, 0.15) is 0 Å². The van der Waals surface area contributed by atoms with Gasteiger partial charge in [0.15, 0.2) is 0 Å². The highest BCUT2D eigenvalue weighted by Crippen LogP contribution is 2.08. The lowest BCUT2D eigenvalue weighted by molar-refractivity contribution is -0.137. The zero-order valence-corrected chi connectivity index (χ0v) is 7.74. The number of carboxylic acids is 1. The second-order valence-corrected chi connectivity index (χ2v) is 2.87. The highest BCUT2D eigenvalue weighted by atomic mass is 79.9. The summed E-state index contributed by atoms with van der Waals surface area (Å²) >= 11 is 3.00. The molecule has 0 atom stereocenters. The van der Waals surface area contributed by atoms with Gasteiger partial charge < -0.3 is 9.52 Å². The molecule has 0 fully saturated rings. The first kappa shape index (κ1) is 9.18. The fourth-order valence-electron chi connectivity index (χ4n) is 0.725. The molecule has 0 amide bonds. The van der Waals surface area contributed by atoms with Gasteiger partial charge in [-0.15, -0.1) is 10.2 Å². The van der Waals surface area contributed by atoms with Gasteiger partial charge in [-0.05, 0) is 6.42 Å². The van der Waals surface area contributed by atoms with E-state index in [0.717, 1.165) is 0 Å². The third-order valence-corrected chi connectivity index (χ3v) is 1.54. The summed E-state index contributed by atoms with van der Waals surface area (Å²) in [5.74, 6) is -0.350. The van der Waals surface area contributed by atoms with Crippen molar-refractivity contribution in [2.45, 2.75) is 19.3 Å². The second-order valence-electron chi connectivity index (χ2n) is 2.20. The lowest BCUT2D eigenvalue weighted by atomic mass is 10.2. The normalized spacial score (nSPS) is 10.1. The van der Waals surface area contributed by atoms with Crippen LogP contribution in [-0.4, -0.2) is 21.3 Å². The van der Waals surface area contributed by atoms with Crippen LogP contribution in [0.15, 0.2) is 9.22 Å². The molecule has 0 unspecified atom stereocenters. The third-order valence-electron chi connectivity index (χ3n) is 1.22. The van der Waals surface area contributed by atoms with Crippen molar-refractivity contribution < 1.29 is 14.3 Å². The topological polar surface area (TPSA) is 76.2 Å². The first-order valence-electron chi connectivity index (χ1n) is 3.38. The monoisotopic (exact) mass is 234 g/mol. The van der Waals surface area contributed by atoms with Gasteiger partial charge >= 0.3 is 5.97 Å². The lowest BCUT2D eigenvalue weighted by Crippen LogP contribution is -1.95. The highest BCUT2D eigenvalue weighted by Gasteiger charge is 2.04. The van der Waals surface area contributed by atoms with E-state index in [9.17, 15) is 4.79 Å². The molecular formula is C6H7BrN2O3. The number of hydrogen-bond donors (Lipinski definition) is 1. The molecule has 0 saturated heterocycles. The highest BCUT2D eigenvalue weighted by molar-refractivity contribution is 9.10. The molecule has 1 heterocycles. The molecule has 5 nitrogen and oxygen atoms in total. The van der Waals surface area contributed by atoms with Gasteiger partial charge in [-0.1, -0.05) is 0 Å². The summed E-state index contributed by atoms with van der Waals surface area (Å²) in [4.78, 5) is 10.4. The quantitative estimate of drug-likeness (QED) is 0.849. The van der Waals surface area contributed by atoms with Crippen molar-refractivity contribution in [3.8, 4) is 0 Å². The fourth-order valence-corrected chi connectivity index (χ4v) is 0.991. The van der Waals surface area contributed by atoms with Crippen molar-refractivity contribution in [1.82, 2.24) is 10.2 Å². The average molecular weight is 235 g/mol. The van der Waals surface area contributed by atoms with Gasteiger partial charge in [0.25, 0.3) is 4.80 Å². The molecule has 0 radical (unpaired) electrons. The van der Waals surface area contributed by atoms with Gasteiger partial charge in [0.05, 0.1) is 0 Å². The van der Waals surface area contributed by atoms with E-state index < -0.39 is 5.97 Å². The minimum Gasteiger partial charge on any atom is -0.481 e. The van der Waals surface area contributed by atoms with E-state index in [2.05, 4.69) is 26.1 Å². The van der Waals surface area contributed by atoms with Crippen LogP contribution in [0.4, 0.5) is 0 Å². The number of aryl methyl sites for hydroxylation is 1. The van der Waals surface area contributed by atoms with Crippen LogP contribution >= 0.6 is 15.9 Å². The molecule has 0 aliphatic carbocycles. The Labute approximate surface area is 76.9 Å². The minimum atomic E-state index is -0.811. The smallest absolute Gasteiger partial charge is 0.303 e. The Balaban J connectivity index is 2.29. The molecule has 1 aromatic heterocycles. The number of carboxylic acid groups (broad SMARTS) is 1. The minimum absolute atomic E-state index is 0.125. The van der Waals surface area contributed by atoms with E-state index in [4.69, 9.17) is 9.52 Å². The van der Waals surface area contributed by atoms with Crippen molar-refractivity contribution in [1.29, 1.82) is 0 Å². The Hall–Kier alpha value is -0.910. The van der Waals surface area contributed by atoms with Crippen molar-refractivity contribution in [3.63, 3.8) is 0 Å². The predicted molar refractivity (Wildman–Crippen MR) is 42.6 cm³/mol. The average Bonchev–Trinajstić information content (AvgIpc) is 2.35. The molecule has 6 heteroatoms. The number of nitrogens with zero attached hydrogens (tertiary/aromatic N) is 2. The molecule has 12 heavy (non-hydrogen) atoms. The Bertz CT molecular complexity index is 274. The number of carbonyl (C=O) groups is 1. The van der Waals surface area contributed by atoms with Crippen LogP contribution in [0.25, 0.3) is 0 Å². The lowest BCUT2D eigenvalue weighted by Gasteiger charge is -1.90. The SMILES string of the molecule is O=C(O)CCCc1nnc(Br)o1. The van der Waals surface area contributed by atoms with E-state index in [-0.39, 0.29) is 6.42 Å². The molecule has 0 aromatic carbocycles. The number of rotatable bonds is 4. The van der Waals surface area contributed by atoms with Crippen LogP contribution in [-0.2, 0) is 11.2 Å². The van der Waals surface area contributed by atoms with Crippen LogP contribution in [0.5, 0.6) is 0 Å². The van der Waals surface area contributed by atoms with Crippen molar-refractivity contribution >= 4 is 21.9 Å². The summed E-state index contributed by atoms with van der Waals surface area (Å²) in [6, 6.07) is 0. The van der Waals surface area contributed by atoms with Gasteiger partial charge in [0.2, 0.25) is 5.89 Å². The van der Waals surface area contributed by atoms with Crippen LogP contribution in [0.1, 0.15) is 18.7 Å². The molecule has 1 N–H and O–H groups in total. The summed E-state index contributed by atoms with van der Waals surface area (Å²) in [5, 5.41) is 15.5. The summed E-state index contributed by atoms with van der Waals surface area (Å²) in [5.41, 5.74) is 0. The maximum absolute atomic E-state index is 10.1. The molecule has 0 bridgehead atoms. The second kappa shape index (κ2) is 4.20. The number of aromatic nitrogens is 2. The first-order valence-corrected chi connectivity index (χ1v) is 4.17. The van der Waals surface area contributed by atoms with E-state index in [1.165, 1.54) is 0 Å². The van der Waals surface area contributed by atoms with Crippen molar-refractivity contribution in [2.75, 3.05) is 0 Å². The van der Waals surface area contributed by atoms with E-state index in [1.807, 2.05) is 0 Å². The summed E-state index contributed by atoms with van der Waals surface area (Å²) in [6.07, 6.45) is 1.15. The van der Waals surface area contributed by atoms with Crippen LogP contribution in [0, 0.1) is 0 Å². The maximum atomic E-state index is 10.1. The molecule has 0 spiro atoms. The molecule has 66 valence electrons. The molecule has 0 saturated carbocycles. The van der Waals surface area contributed by atoms with E-state index in [0.29, 0.717) is 23.5 Å². The van der Waals surface area contributed by atoms with Crippen molar-refractivity contribution in [2.24, 2.45) is 0 Å². The Kier molecular flexibility index (Phi) is 3.21. The zero-order valence-electron chi connectivity index (χ0n) is 6.16. The fraction of sp³-hybridized carbons (Fsp3) is 0.500. The van der Waals surface area contributed by atoms with Gasteiger partial charge in [-0.3, -0.25) is 4.79 Å². The number of hydrogen-bond acceptors (Lipinski definition) is 4. The summed E-state index contributed by atoms with van der Waals surface area (Å²) in [7, 11) is 0. The Morgan fingerprint density at radius 3 is 2.83 bits per heavy atom. The van der Waals surface area contributed by atoms with E-state index in [1.54, 1.807) is 0 Å². The van der Waals surface area contributed by atoms with Gasteiger partial charge in [0, 0.05) is 28.8 Å². The Morgan fingerprint density at radius 2 is 2.33 bits per heavy atom. The molecule has 1 aromatic rings. The molecule has 0 aliphatic heterocycles. The molecule has 1 rings (SSSR count). The number of aliphatic carboxylic acids is 1. The molecular weight excluding hydrogens is 228 g/mol. The maximum Gasteiger partial charge on any atom is 0.303 e. The van der Waals surface area contributed by atoms with Crippen LogP contribution < -0.4 is 0 Å². The van der Waals surface area contributed by atoms with E-state index >= 15 is 0 Å². The zero-order chi connectivity index (χ0) is 8.97. The van der Waals surface area contributed by atoms with Crippen molar-refractivity contribution in [3.05, 3.63) is 10.7 Å². The summed E-state index contributed by atoms with van der Waals surface area (Å²) < 4.78 is 4.97. The standard InChI is InChI=1S/C6H7BrN2O3/c7-6-9-8-4(12-6)2-1-3-5(10)11/h1-3H2,(H,10,11). The van der Waals surface area contributed by atoms with Gasteiger partial charge in [-0.2, -0.15) is 0 Å². The van der Waals surface area contributed by atoms with Gasteiger partial charge in [-0.25, -0.2) is 0 Å². The Morgan fingerprint density at radius 1 is 1.58 bits per heavy atom. The molecule has 0 aliphatic rings. The predicted octanol–water partition coefficient (Wildman–Crippen LogP) is 1.24. The van der Waals surface area contributed by atoms with Crippen LogP contribution in [0.2, 0.25) is 0 Å². The largest absolute Gasteiger partial charge is 0.481 e. The summed E-state index contributed by atoms with van der Waals surface area (Å²) in [6.45, 7) is 0. The first-order chi connectivity index (χ1) is 5.68.